The number of hydrogen-bond acceptors (Lipinski definition) is 3. The van der Waals surface area contributed by atoms with Gasteiger partial charge in [-0.3, -0.25) is 9.59 Å². The molecule has 2 amide bonds. The first kappa shape index (κ1) is 26.9. The molecular weight excluding hydrogens is 507 g/mol. The van der Waals surface area contributed by atoms with Crippen LogP contribution >= 0.6 is 34.8 Å². The summed E-state index contributed by atoms with van der Waals surface area (Å²) < 4.78 is 5.83. The third kappa shape index (κ3) is 7.14. The number of nitrogens with zero attached hydrogens (tertiary/aromatic N) is 1. The smallest absolute Gasteiger partial charge is 0.261 e. The lowest BCUT2D eigenvalue weighted by molar-refractivity contribution is -0.142. The van der Waals surface area contributed by atoms with Gasteiger partial charge in [0.25, 0.3) is 5.91 Å². The van der Waals surface area contributed by atoms with Crippen LogP contribution in [-0.2, 0) is 22.6 Å². The maximum absolute atomic E-state index is 13.5. The van der Waals surface area contributed by atoms with Gasteiger partial charge < -0.3 is 15.0 Å². The van der Waals surface area contributed by atoms with Crippen LogP contribution in [0.3, 0.4) is 0 Å². The van der Waals surface area contributed by atoms with Crippen molar-refractivity contribution < 1.29 is 14.3 Å². The first-order chi connectivity index (χ1) is 16.7. The van der Waals surface area contributed by atoms with E-state index in [1.54, 1.807) is 37.4 Å². The number of rotatable bonds is 9. The van der Waals surface area contributed by atoms with E-state index in [-0.39, 0.29) is 25.0 Å². The molecule has 35 heavy (non-hydrogen) atoms. The molecule has 5 nitrogen and oxygen atoms in total. The molecule has 0 bridgehead atoms. The van der Waals surface area contributed by atoms with E-state index in [1.807, 2.05) is 44.2 Å². The van der Waals surface area contributed by atoms with Crippen LogP contribution in [0.15, 0.2) is 60.7 Å². The van der Waals surface area contributed by atoms with Crippen LogP contribution in [0.2, 0.25) is 15.1 Å². The van der Waals surface area contributed by atoms with Crippen molar-refractivity contribution in [1.29, 1.82) is 0 Å². The molecule has 0 aliphatic carbocycles. The number of aryl methyl sites for hydroxylation is 2. The van der Waals surface area contributed by atoms with Crippen molar-refractivity contribution in [3.8, 4) is 5.75 Å². The zero-order valence-corrected chi connectivity index (χ0v) is 22.0. The molecular formula is C27H27Cl3N2O3. The van der Waals surface area contributed by atoms with E-state index in [1.165, 1.54) is 4.90 Å². The molecule has 0 heterocycles. The number of halogens is 3. The normalized spacial score (nSPS) is 11.6. The fourth-order valence-corrected chi connectivity index (χ4v) is 4.20. The van der Waals surface area contributed by atoms with Crippen molar-refractivity contribution in [2.24, 2.45) is 0 Å². The molecule has 1 unspecified atom stereocenters. The summed E-state index contributed by atoms with van der Waals surface area (Å²) in [6.45, 7) is 3.66. The molecule has 0 fully saturated rings. The van der Waals surface area contributed by atoms with Gasteiger partial charge in [-0.15, -0.1) is 0 Å². The van der Waals surface area contributed by atoms with E-state index in [4.69, 9.17) is 39.5 Å². The number of hydrogen-bond donors (Lipinski definition) is 1. The Morgan fingerprint density at radius 3 is 2.17 bits per heavy atom. The van der Waals surface area contributed by atoms with Crippen molar-refractivity contribution in [2.45, 2.75) is 32.9 Å². The van der Waals surface area contributed by atoms with Crippen LogP contribution < -0.4 is 10.1 Å². The van der Waals surface area contributed by atoms with Gasteiger partial charge in [0.1, 0.15) is 11.8 Å². The van der Waals surface area contributed by atoms with E-state index in [9.17, 15) is 9.59 Å². The highest BCUT2D eigenvalue weighted by atomic mass is 35.5. The molecule has 184 valence electrons. The Morgan fingerprint density at radius 1 is 0.914 bits per heavy atom. The Morgan fingerprint density at radius 2 is 1.57 bits per heavy atom. The van der Waals surface area contributed by atoms with Gasteiger partial charge in [-0.05, 0) is 60.4 Å². The van der Waals surface area contributed by atoms with E-state index < -0.39 is 6.04 Å². The third-order valence-electron chi connectivity index (χ3n) is 5.63. The highest BCUT2D eigenvalue weighted by Crippen LogP contribution is 2.27. The number of likely N-dealkylation sites (N-methyl/N-ethyl adjacent to an activating group) is 1. The molecule has 3 rings (SSSR count). The molecule has 1 atom stereocenters. The minimum atomic E-state index is -0.762. The summed E-state index contributed by atoms with van der Waals surface area (Å²) in [6, 6.07) is 17.5. The summed E-state index contributed by atoms with van der Waals surface area (Å²) in [5.74, 6) is -0.0851. The van der Waals surface area contributed by atoms with Crippen molar-refractivity contribution >= 4 is 46.6 Å². The minimum absolute atomic E-state index is 0.155. The number of amides is 2. The highest BCUT2D eigenvalue weighted by Gasteiger charge is 2.30. The topological polar surface area (TPSA) is 58.6 Å². The first-order valence-electron chi connectivity index (χ1n) is 11.1. The summed E-state index contributed by atoms with van der Waals surface area (Å²) in [4.78, 5) is 28.0. The van der Waals surface area contributed by atoms with Crippen LogP contribution in [0.1, 0.15) is 22.3 Å². The van der Waals surface area contributed by atoms with E-state index in [0.717, 1.165) is 22.3 Å². The van der Waals surface area contributed by atoms with Gasteiger partial charge in [0.2, 0.25) is 5.91 Å². The second kappa shape index (κ2) is 12.3. The Balaban J connectivity index is 1.90. The molecule has 0 radical (unpaired) electrons. The Hall–Kier alpha value is -2.73. The van der Waals surface area contributed by atoms with Crippen LogP contribution in [0.4, 0.5) is 0 Å². The fourth-order valence-electron chi connectivity index (χ4n) is 3.77. The van der Waals surface area contributed by atoms with Crippen LogP contribution in [0.25, 0.3) is 0 Å². The van der Waals surface area contributed by atoms with E-state index in [0.29, 0.717) is 27.2 Å². The minimum Gasteiger partial charge on any atom is -0.484 e. The highest BCUT2D eigenvalue weighted by molar-refractivity contribution is 6.42. The van der Waals surface area contributed by atoms with Gasteiger partial charge >= 0.3 is 0 Å². The quantitative estimate of drug-likeness (QED) is 0.365. The second-order valence-corrected chi connectivity index (χ2v) is 9.44. The average molecular weight is 534 g/mol. The monoisotopic (exact) mass is 532 g/mol. The number of benzene rings is 3. The van der Waals surface area contributed by atoms with Gasteiger partial charge in [-0.1, -0.05) is 71.2 Å². The predicted molar refractivity (Wildman–Crippen MR) is 141 cm³/mol. The lowest BCUT2D eigenvalue weighted by atomic mass is 10.0. The summed E-state index contributed by atoms with van der Waals surface area (Å²) in [6.07, 6.45) is 0.340. The molecule has 0 spiro atoms. The number of carbonyl (C=O) groups excluding carboxylic acids is 2. The van der Waals surface area contributed by atoms with Gasteiger partial charge in [-0.25, -0.2) is 0 Å². The predicted octanol–water partition coefficient (Wildman–Crippen LogP) is 6.03. The zero-order chi connectivity index (χ0) is 25.5. The third-order valence-corrected chi connectivity index (χ3v) is 6.96. The van der Waals surface area contributed by atoms with E-state index in [2.05, 4.69) is 5.32 Å². The zero-order valence-electron chi connectivity index (χ0n) is 19.8. The summed E-state index contributed by atoms with van der Waals surface area (Å²) in [5, 5.41) is 4.13. The molecule has 1 N–H and O–H groups in total. The second-order valence-electron chi connectivity index (χ2n) is 8.25. The van der Waals surface area contributed by atoms with Crippen LogP contribution in [0, 0.1) is 13.8 Å². The van der Waals surface area contributed by atoms with Crippen molar-refractivity contribution in [2.75, 3.05) is 13.7 Å². The maximum atomic E-state index is 13.5. The molecule has 0 saturated carbocycles. The van der Waals surface area contributed by atoms with Crippen LogP contribution in [-0.4, -0.2) is 36.4 Å². The van der Waals surface area contributed by atoms with Crippen molar-refractivity contribution in [3.05, 3.63) is 98.0 Å². The maximum Gasteiger partial charge on any atom is 0.261 e. The van der Waals surface area contributed by atoms with Crippen molar-refractivity contribution in [1.82, 2.24) is 10.2 Å². The van der Waals surface area contributed by atoms with Crippen molar-refractivity contribution in [3.63, 3.8) is 0 Å². The molecule has 0 saturated heterocycles. The standard InChI is InChI=1S/C27H27Cl3N2O3/c1-17-11-21(12-18(2)26(17)30)35-16-25(33)32(15-20-9-10-22(28)23(29)13-20)24(27(34)31-3)14-19-7-5-4-6-8-19/h4-13,24H,14-16H2,1-3H3,(H,31,34). The molecule has 3 aromatic rings. The molecule has 3 aromatic carbocycles. The number of carbonyl (C=O) groups is 2. The van der Waals surface area contributed by atoms with Gasteiger partial charge in [-0.2, -0.15) is 0 Å². The SMILES string of the molecule is CNC(=O)C(Cc1ccccc1)N(Cc1ccc(Cl)c(Cl)c1)C(=O)COc1cc(C)c(Cl)c(C)c1. The Labute approximate surface area is 220 Å². The van der Waals surface area contributed by atoms with Gasteiger partial charge in [0, 0.05) is 25.0 Å². The molecule has 0 aliphatic rings. The summed E-state index contributed by atoms with van der Waals surface area (Å²) in [5.41, 5.74) is 3.38. The lowest BCUT2D eigenvalue weighted by Crippen LogP contribution is -2.51. The van der Waals surface area contributed by atoms with Crippen LogP contribution in [0.5, 0.6) is 5.75 Å². The number of nitrogens with one attached hydrogen (secondary N) is 1. The summed E-state index contributed by atoms with van der Waals surface area (Å²) >= 11 is 18.5. The van der Waals surface area contributed by atoms with Gasteiger partial charge in [0.05, 0.1) is 10.0 Å². The number of ether oxygens (including phenoxy) is 1. The molecule has 0 aliphatic heterocycles. The molecule has 8 heteroatoms. The molecule has 0 aromatic heterocycles. The first-order valence-corrected chi connectivity index (χ1v) is 12.2. The van der Waals surface area contributed by atoms with E-state index >= 15 is 0 Å². The Kier molecular flexibility index (Phi) is 9.44. The fraction of sp³-hybridized carbons (Fsp3) is 0.259. The van der Waals surface area contributed by atoms with Gasteiger partial charge in [0.15, 0.2) is 6.61 Å². The summed E-state index contributed by atoms with van der Waals surface area (Å²) in [7, 11) is 1.55. The largest absolute Gasteiger partial charge is 0.484 e. The average Bonchev–Trinajstić information content (AvgIpc) is 2.85. The lowest BCUT2D eigenvalue weighted by Gasteiger charge is -2.31. The Bertz CT molecular complexity index is 1180.